The third kappa shape index (κ3) is 20.0. The molecular formula is C48H74N10O16. The van der Waals surface area contributed by atoms with Gasteiger partial charge in [0.2, 0.25) is 53.2 Å². The highest BCUT2D eigenvalue weighted by Gasteiger charge is 2.40. The molecule has 1 aliphatic heterocycles. The van der Waals surface area contributed by atoms with Crippen molar-refractivity contribution < 1.29 is 78.0 Å². The number of aliphatic hydroxyl groups is 1. The molecule has 412 valence electrons. The van der Waals surface area contributed by atoms with Crippen LogP contribution in [0.4, 0.5) is 0 Å². The molecule has 1 fully saturated rings. The van der Waals surface area contributed by atoms with Gasteiger partial charge in [-0.2, -0.15) is 0 Å². The van der Waals surface area contributed by atoms with E-state index in [4.69, 9.17) is 11.5 Å². The number of rotatable bonds is 31. The number of amides is 9. The number of carboxylic acids is 3. The standard InChI is InChI=1S/C48H74N10O16/c1-8-25(6)38(56-41(66)28(16-18-33(49)60)51-43(68)32-15-12-20-58(32)47(72)36(50)23(2)3)45(70)52-29(17-19-34(61)62)40(65)55-37(24(4)5)44(69)57-39(26(7)59)46(71)53-30(21-27-13-10-9-11-14-27)42(67)54-31(48(73)74)22-35(63)64/h9-11,13-14,23-26,28-32,36-39,59H,8,12,15-22,50H2,1-7H3,(H2,49,60)(H,51,68)(H,52,70)(H,53,71)(H,54,67)(H,55,65)(H,56,66)(H,57,69)(H,61,62)(H,63,64)(H,73,74)/t25-,26+,28-,29-,30-,31-,32-,36-,37-,38-,39-/m0/s1. The molecule has 15 N–H and O–H groups in total. The summed E-state index contributed by atoms with van der Waals surface area (Å²) in [4.78, 5) is 158. The van der Waals surface area contributed by atoms with E-state index in [2.05, 4.69) is 37.2 Å². The first-order chi connectivity index (χ1) is 34.6. The first kappa shape index (κ1) is 62.9. The number of carbonyl (C=O) groups is 12. The van der Waals surface area contributed by atoms with Crippen LogP contribution in [0.3, 0.4) is 0 Å². The zero-order chi connectivity index (χ0) is 56.1. The molecule has 2 rings (SSSR count). The van der Waals surface area contributed by atoms with Gasteiger partial charge in [-0.15, -0.1) is 0 Å². The van der Waals surface area contributed by atoms with E-state index in [-0.39, 0.29) is 44.6 Å². The van der Waals surface area contributed by atoms with Crippen LogP contribution in [0.25, 0.3) is 0 Å². The third-order valence-electron chi connectivity index (χ3n) is 12.4. The van der Waals surface area contributed by atoms with E-state index in [0.717, 1.165) is 6.92 Å². The lowest BCUT2D eigenvalue weighted by Crippen LogP contribution is -2.63. The predicted molar refractivity (Wildman–Crippen MR) is 262 cm³/mol. The van der Waals surface area contributed by atoms with Crippen LogP contribution < -0.4 is 48.7 Å². The number of hydrogen-bond acceptors (Lipinski definition) is 14. The van der Waals surface area contributed by atoms with Gasteiger partial charge in [0.05, 0.1) is 18.6 Å². The van der Waals surface area contributed by atoms with Crippen LogP contribution in [0.2, 0.25) is 0 Å². The number of carboxylic acid groups (broad SMARTS) is 3. The first-order valence-electron chi connectivity index (χ1n) is 24.4. The number of likely N-dealkylation sites (tertiary alicyclic amines) is 1. The highest BCUT2D eigenvalue weighted by molar-refractivity contribution is 5.99. The molecule has 0 radical (unpaired) electrons. The quantitative estimate of drug-likeness (QED) is 0.0362. The van der Waals surface area contributed by atoms with Crippen molar-refractivity contribution in [1.82, 2.24) is 42.1 Å². The smallest absolute Gasteiger partial charge is 0.326 e. The van der Waals surface area contributed by atoms with Crippen molar-refractivity contribution in [3.63, 3.8) is 0 Å². The van der Waals surface area contributed by atoms with Gasteiger partial charge in [0.1, 0.15) is 48.3 Å². The minimum atomic E-state index is -1.89. The molecule has 0 spiro atoms. The summed E-state index contributed by atoms with van der Waals surface area (Å²) in [5.41, 5.74) is 12.0. The average Bonchev–Trinajstić information content (AvgIpc) is 3.83. The monoisotopic (exact) mass is 1050 g/mol. The molecule has 1 heterocycles. The molecule has 74 heavy (non-hydrogen) atoms. The lowest BCUT2D eigenvalue weighted by Gasteiger charge is -2.31. The largest absolute Gasteiger partial charge is 0.481 e. The Hall–Kier alpha value is -7.22. The molecule has 1 aliphatic rings. The number of nitrogens with two attached hydrogens (primary N) is 2. The fourth-order valence-corrected chi connectivity index (χ4v) is 7.76. The number of benzene rings is 1. The van der Waals surface area contributed by atoms with E-state index in [1.165, 1.54) is 18.7 Å². The van der Waals surface area contributed by atoms with Gasteiger partial charge in [-0.25, -0.2) is 4.79 Å². The number of primary amides is 1. The lowest BCUT2D eigenvalue weighted by molar-refractivity contribution is -0.147. The van der Waals surface area contributed by atoms with Crippen molar-refractivity contribution in [3.05, 3.63) is 35.9 Å². The zero-order valence-corrected chi connectivity index (χ0v) is 42.8. The number of hydrogen-bond donors (Lipinski definition) is 13. The third-order valence-corrected chi connectivity index (χ3v) is 12.4. The predicted octanol–water partition coefficient (Wildman–Crippen LogP) is -2.63. The summed E-state index contributed by atoms with van der Waals surface area (Å²) in [6, 6.07) is -5.21. The summed E-state index contributed by atoms with van der Waals surface area (Å²) < 4.78 is 0. The Balaban J connectivity index is 2.39. The van der Waals surface area contributed by atoms with Crippen molar-refractivity contribution in [1.29, 1.82) is 0 Å². The van der Waals surface area contributed by atoms with Crippen LogP contribution in [-0.2, 0) is 64.0 Å². The second-order valence-electron chi connectivity index (χ2n) is 19.1. The molecule has 1 aromatic rings. The average molecular weight is 1050 g/mol. The van der Waals surface area contributed by atoms with Gasteiger partial charge in [-0.3, -0.25) is 52.7 Å². The van der Waals surface area contributed by atoms with E-state index >= 15 is 0 Å². The van der Waals surface area contributed by atoms with Crippen LogP contribution in [0.1, 0.15) is 105 Å². The van der Waals surface area contributed by atoms with Gasteiger partial charge in [0, 0.05) is 25.8 Å². The van der Waals surface area contributed by atoms with Crippen LogP contribution in [0.5, 0.6) is 0 Å². The van der Waals surface area contributed by atoms with Crippen molar-refractivity contribution in [2.45, 2.75) is 167 Å². The molecular weight excluding hydrogens is 973 g/mol. The number of aliphatic hydroxyl groups excluding tert-OH is 1. The van der Waals surface area contributed by atoms with Crippen LogP contribution in [0, 0.1) is 17.8 Å². The molecule has 0 unspecified atom stereocenters. The minimum absolute atomic E-state index is 0.237. The molecule has 0 aromatic heterocycles. The number of nitrogens with zero attached hydrogens (tertiary/aromatic N) is 1. The van der Waals surface area contributed by atoms with Crippen molar-refractivity contribution in [2.24, 2.45) is 29.2 Å². The Morgan fingerprint density at radius 2 is 1.12 bits per heavy atom. The number of carbonyl (C=O) groups excluding carboxylic acids is 9. The maximum absolute atomic E-state index is 14.1. The zero-order valence-electron chi connectivity index (χ0n) is 42.8. The molecule has 11 atom stereocenters. The van der Waals surface area contributed by atoms with Crippen molar-refractivity contribution in [2.75, 3.05) is 6.54 Å². The van der Waals surface area contributed by atoms with Gasteiger partial charge < -0.3 is 74.0 Å². The Bertz CT molecular complexity index is 2180. The molecule has 26 nitrogen and oxygen atoms in total. The van der Waals surface area contributed by atoms with E-state index in [1.807, 2.05) is 0 Å². The SMILES string of the molecule is CC[C@H](C)[C@H](NC(=O)[C@H](CCC(N)=O)NC(=O)[C@@H]1CCCN1C(=O)[C@@H](N)C(C)C)C(=O)N[C@@H](CCC(=O)O)C(=O)N[C@H](C(=O)N[C@H](C(=O)N[C@@H](Cc1ccccc1)C(=O)N[C@@H](CC(=O)O)C(=O)O)[C@@H](C)O)C(C)C. The molecule has 26 heteroatoms. The Morgan fingerprint density at radius 1 is 0.622 bits per heavy atom. The summed E-state index contributed by atoms with van der Waals surface area (Å²) in [5, 5.41) is 55.9. The van der Waals surface area contributed by atoms with E-state index < -0.39 is 163 Å². The Labute approximate surface area is 428 Å². The van der Waals surface area contributed by atoms with Gasteiger partial charge in [-0.1, -0.05) is 78.3 Å². The van der Waals surface area contributed by atoms with Gasteiger partial charge in [0.15, 0.2) is 0 Å². The first-order valence-corrected chi connectivity index (χ1v) is 24.4. The van der Waals surface area contributed by atoms with Crippen LogP contribution >= 0.6 is 0 Å². The highest BCUT2D eigenvalue weighted by atomic mass is 16.4. The molecule has 9 amide bonds. The van der Waals surface area contributed by atoms with Gasteiger partial charge in [0.25, 0.3) is 0 Å². The highest BCUT2D eigenvalue weighted by Crippen LogP contribution is 2.21. The maximum Gasteiger partial charge on any atom is 0.326 e. The summed E-state index contributed by atoms with van der Waals surface area (Å²) in [7, 11) is 0. The Morgan fingerprint density at radius 3 is 1.64 bits per heavy atom. The van der Waals surface area contributed by atoms with E-state index in [9.17, 15) is 78.0 Å². The second kappa shape index (κ2) is 30.1. The van der Waals surface area contributed by atoms with Crippen molar-refractivity contribution >= 4 is 71.1 Å². The maximum atomic E-state index is 14.1. The fourth-order valence-electron chi connectivity index (χ4n) is 7.76. The van der Waals surface area contributed by atoms with Gasteiger partial charge in [-0.05, 0) is 55.9 Å². The topological polar surface area (TPSA) is 425 Å². The summed E-state index contributed by atoms with van der Waals surface area (Å²) in [6.45, 7) is 11.1. The number of nitrogens with one attached hydrogen (secondary N) is 7. The molecule has 1 aromatic carbocycles. The summed E-state index contributed by atoms with van der Waals surface area (Å²) >= 11 is 0. The minimum Gasteiger partial charge on any atom is -0.481 e. The van der Waals surface area contributed by atoms with E-state index in [1.54, 1.807) is 58.0 Å². The Kier molecular flexibility index (Phi) is 25.6. The lowest BCUT2D eigenvalue weighted by atomic mass is 9.96. The van der Waals surface area contributed by atoms with Crippen LogP contribution in [0.15, 0.2) is 30.3 Å². The molecule has 1 saturated heterocycles. The van der Waals surface area contributed by atoms with Gasteiger partial charge >= 0.3 is 17.9 Å². The molecule has 0 bridgehead atoms. The van der Waals surface area contributed by atoms with E-state index in [0.29, 0.717) is 12.0 Å². The summed E-state index contributed by atoms with van der Waals surface area (Å²) in [5.74, 6) is -14.5. The molecule has 0 aliphatic carbocycles. The second-order valence-corrected chi connectivity index (χ2v) is 19.1. The number of aliphatic carboxylic acids is 3. The summed E-state index contributed by atoms with van der Waals surface area (Å²) in [6.07, 6.45) is -3.82. The normalized spacial score (nSPS) is 17.3. The van der Waals surface area contributed by atoms with Crippen molar-refractivity contribution in [3.8, 4) is 0 Å². The van der Waals surface area contributed by atoms with Crippen LogP contribution in [-0.4, -0.2) is 163 Å². The molecule has 0 saturated carbocycles. The fraction of sp³-hybridized carbons (Fsp3) is 0.625.